The zero-order valence-electron chi connectivity index (χ0n) is 6.57. The third-order valence-corrected chi connectivity index (χ3v) is 1.91. The highest BCUT2D eigenvalue weighted by Crippen LogP contribution is 2.15. The Morgan fingerprint density at radius 2 is 2.08 bits per heavy atom. The summed E-state index contributed by atoms with van der Waals surface area (Å²) in [6, 6.07) is 9.59. The number of hydrogen-bond donors (Lipinski definition) is 1. The van der Waals surface area contributed by atoms with E-state index in [1.54, 1.807) is 6.20 Å². The van der Waals surface area contributed by atoms with Gasteiger partial charge in [0.15, 0.2) is 0 Å². The molecule has 0 saturated heterocycles. The molecule has 12 heavy (non-hydrogen) atoms. The first-order valence-corrected chi connectivity index (χ1v) is 3.85. The second-order valence-electron chi connectivity index (χ2n) is 2.65. The fourth-order valence-corrected chi connectivity index (χ4v) is 1.30. The van der Waals surface area contributed by atoms with Gasteiger partial charge in [-0.25, -0.2) is 0 Å². The molecule has 0 amide bonds. The van der Waals surface area contributed by atoms with Crippen molar-refractivity contribution >= 4 is 10.9 Å². The van der Waals surface area contributed by atoms with Gasteiger partial charge in [-0.2, -0.15) is 0 Å². The molecule has 0 aliphatic rings. The molecule has 0 radical (unpaired) electrons. The lowest BCUT2D eigenvalue weighted by molar-refractivity contribution is 0.283. The van der Waals surface area contributed by atoms with Crippen molar-refractivity contribution in [2.75, 3.05) is 0 Å². The summed E-state index contributed by atoms with van der Waals surface area (Å²) in [6.07, 6.45) is 1.75. The molecule has 1 aromatic carbocycles. The van der Waals surface area contributed by atoms with Gasteiger partial charge in [0, 0.05) is 11.6 Å². The lowest BCUT2D eigenvalue weighted by Gasteiger charge is -2.00. The first-order chi connectivity index (χ1) is 5.92. The molecule has 1 heterocycles. The van der Waals surface area contributed by atoms with Crippen molar-refractivity contribution in [1.82, 2.24) is 4.98 Å². The van der Waals surface area contributed by atoms with Crippen LogP contribution in [0.15, 0.2) is 36.5 Å². The van der Waals surface area contributed by atoms with Crippen molar-refractivity contribution in [2.24, 2.45) is 0 Å². The van der Waals surface area contributed by atoms with Gasteiger partial charge < -0.3 is 5.11 Å². The molecule has 1 aromatic heterocycles. The Morgan fingerprint density at radius 1 is 1.17 bits per heavy atom. The van der Waals surface area contributed by atoms with E-state index in [9.17, 15) is 0 Å². The number of benzene rings is 1. The van der Waals surface area contributed by atoms with Crippen LogP contribution in [-0.4, -0.2) is 10.1 Å². The van der Waals surface area contributed by atoms with Crippen LogP contribution in [0.5, 0.6) is 0 Å². The Labute approximate surface area is 70.5 Å². The molecule has 60 valence electrons. The topological polar surface area (TPSA) is 33.1 Å². The van der Waals surface area contributed by atoms with Gasteiger partial charge in [-0.3, -0.25) is 4.98 Å². The number of nitrogens with zero attached hydrogens (tertiary/aromatic N) is 1. The quantitative estimate of drug-likeness (QED) is 0.687. The third kappa shape index (κ3) is 1.06. The highest BCUT2D eigenvalue weighted by Gasteiger charge is 1.97. The van der Waals surface area contributed by atoms with E-state index in [0.29, 0.717) is 0 Å². The van der Waals surface area contributed by atoms with E-state index in [1.165, 1.54) is 0 Å². The van der Waals surface area contributed by atoms with E-state index in [-0.39, 0.29) is 6.61 Å². The van der Waals surface area contributed by atoms with Gasteiger partial charge in [0.25, 0.3) is 0 Å². The van der Waals surface area contributed by atoms with Crippen LogP contribution < -0.4 is 0 Å². The summed E-state index contributed by atoms with van der Waals surface area (Å²) in [4.78, 5) is 4.18. The first kappa shape index (κ1) is 7.25. The highest BCUT2D eigenvalue weighted by atomic mass is 16.3. The van der Waals surface area contributed by atoms with Crippen molar-refractivity contribution in [3.63, 3.8) is 0 Å². The van der Waals surface area contributed by atoms with Gasteiger partial charge >= 0.3 is 0 Å². The maximum Gasteiger partial charge on any atom is 0.0705 e. The van der Waals surface area contributed by atoms with Gasteiger partial charge in [0.2, 0.25) is 0 Å². The summed E-state index contributed by atoms with van der Waals surface area (Å²) in [5.74, 6) is 0. The Balaban J connectivity index is 2.79. The second kappa shape index (κ2) is 2.91. The molecular weight excluding hydrogens is 150 g/mol. The van der Waals surface area contributed by atoms with Crippen molar-refractivity contribution in [3.8, 4) is 0 Å². The Hall–Kier alpha value is -1.41. The predicted molar refractivity (Wildman–Crippen MR) is 47.7 cm³/mol. The number of aliphatic hydroxyl groups excluding tert-OH is 1. The molecular formula is C10H9NO. The number of hydrogen-bond acceptors (Lipinski definition) is 2. The number of fused-ring (bicyclic) bond motifs is 1. The number of rotatable bonds is 1. The predicted octanol–water partition coefficient (Wildman–Crippen LogP) is 1.73. The number of aromatic nitrogens is 1. The molecule has 2 rings (SSSR count). The van der Waals surface area contributed by atoms with Crippen LogP contribution in [-0.2, 0) is 6.61 Å². The number of pyridine rings is 1. The van der Waals surface area contributed by atoms with Gasteiger partial charge in [-0.1, -0.05) is 18.2 Å². The monoisotopic (exact) mass is 159 g/mol. The largest absolute Gasteiger partial charge is 0.392 e. The molecule has 0 aliphatic carbocycles. The molecule has 2 aromatic rings. The van der Waals surface area contributed by atoms with Gasteiger partial charge in [-0.15, -0.1) is 0 Å². The van der Waals surface area contributed by atoms with Crippen LogP contribution in [0.4, 0.5) is 0 Å². The molecule has 0 spiro atoms. The molecule has 2 nitrogen and oxygen atoms in total. The standard InChI is InChI=1S/C10H9NO/c12-7-8-3-1-5-10-9(8)4-2-6-11-10/h1-6,12H,7H2. The number of aliphatic hydroxyl groups is 1. The molecule has 1 N–H and O–H groups in total. The summed E-state index contributed by atoms with van der Waals surface area (Å²) < 4.78 is 0. The minimum atomic E-state index is 0.0725. The van der Waals surface area contributed by atoms with E-state index in [4.69, 9.17) is 5.11 Å². The SMILES string of the molecule is OCc1cccc2ncccc12. The molecule has 0 atom stereocenters. The van der Waals surface area contributed by atoms with Crippen molar-refractivity contribution < 1.29 is 5.11 Å². The van der Waals surface area contributed by atoms with E-state index in [1.807, 2.05) is 30.3 Å². The average Bonchev–Trinajstić information content (AvgIpc) is 2.17. The van der Waals surface area contributed by atoms with E-state index < -0.39 is 0 Å². The average molecular weight is 159 g/mol. The molecule has 0 aliphatic heterocycles. The fraction of sp³-hybridized carbons (Fsp3) is 0.100. The van der Waals surface area contributed by atoms with Crippen LogP contribution in [0, 0.1) is 0 Å². The second-order valence-corrected chi connectivity index (χ2v) is 2.65. The maximum absolute atomic E-state index is 9.01. The lowest BCUT2D eigenvalue weighted by atomic mass is 10.1. The van der Waals surface area contributed by atoms with Gasteiger partial charge in [0.05, 0.1) is 12.1 Å². The third-order valence-electron chi connectivity index (χ3n) is 1.91. The summed E-state index contributed by atoms with van der Waals surface area (Å²) in [5, 5.41) is 10.0. The fourth-order valence-electron chi connectivity index (χ4n) is 1.30. The maximum atomic E-state index is 9.01. The van der Waals surface area contributed by atoms with Crippen LogP contribution >= 0.6 is 0 Å². The zero-order valence-corrected chi connectivity index (χ0v) is 6.57. The normalized spacial score (nSPS) is 10.4. The van der Waals surface area contributed by atoms with Gasteiger partial charge in [-0.05, 0) is 17.7 Å². The van der Waals surface area contributed by atoms with Crippen LogP contribution in [0.25, 0.3) is 10.9 Å². The minimum absolute atomic E-state index is 0.0725. The zero-order chi connectivity index (χ0) is 8.39. The Kier molecular flexibility index (Phi) is 1.76. The highest BCUT2D eigenvalue weighted by molar-refractivity contribution is 5.81. The van der Waals surface area contributed by atoms with E-state index in [2.05, 4.69) is 4.98 Å². The van der Waals surface area contributed by atoms with Crippen molar-refractivity contribution in [2.45, 2.75) is 6.61 Å². The summed E-state index contributed by atoms with van der Waals surface area (Å²) in [7, 11) is 0. The summed E-state index contributed by atoms with van der Waals surface area (Å²) in [6.45, 7) is 0.0725. The van der Waals surface area contributed by atoms with Crippen molar-refractivity contribution in [3.05, 3.63) is 42.1 Å². The minimum Gasteiger partial charge on any atom is -0.392 e. The summed E-state index contributed by atoms with van der Waals surface area (Å²) >= 11 is 0. The van der Waals surface area contributed by atoms with Crippen LogP contribution in [0.1, 0.15) is 5.56 Å². The smallest absolute Gasteiger partial charge is 0.0705 e. The van der Waals surface area contributed by atoms with Crippen molar-refractivity contribution in [1.29, 1.82) is 0 Å². The van der Waals surface area contributed by atoms with E-state index >= 15 is 0 Å². The van der Waals surface area contributed by atoms with Crippen LogP contribution in [0.3, 0.4) is 0 Å². The van der Waals surface area contributed by atoms with E-state index in [0.717, 1.165) is 16.5 Å². The van der Waals surface area contributed by atoms with Gasteiger partial charge in [0.1, 0.15) is 0 Å². The summed E-state index contributed by atoms with van der Waals surface area (Å²) in [5.41, 5.74) is 1.87. The first-order valence-electron chi connectivity index (χ1n) is 3.85. The molecule has 0 bridgehead atoms. The molecule has 0 fully saturated rings. The molecule has 2 heteroatoms. The Bertz CT molecular complexity index is 392. The Morgan fingerprint density at radius 3 is 2.92 bits per heavy atom. The lowest BCUT2D eigenvalue weighted by Crippen LogP contribution is -1.86. The molecule has 0 unspecified atom stereocenters. The molecule has 0 saturated carbocycles. The van der Waals surface area contributed by atoms with Crippen LogP contribution in [0.2, 0.25) is 0 Å².